The van der Waals surface area contributed by atoms with Gasteiger partial charge in [-0.15, -0.1) is 0 Å². The molecule has 6 heteroatoms. The summed E-state index contributed by atoms with van der Waals surface area (Å²) >= 11 is 0. The molecule has 6 nitrogen and oxygen atoms in total. The molecule has 0 rings (SSSR count). The van der Waals surface area contributed by atoms with Crippen LogP contribution >= 0.6 is 0 Å². The lowest BCUT2D eigenvalue weighted by Gasteiger charge is -2.18. The van der Waals surface area contributed by atoms with Crippen molar-refractivity contribution in [2.75, 3.05) is 13.2 Å². The van der Waals surface area contributed by atoms with Gasteiger partial charge < -0.3 is 14.2 Å². The van der Waals surface area contributed by atoms with Crippen LogP contribution < -0.4 is 0 Å². The van der Waals surface area contributed by atoms with E-state index in [9.17, 15) is 14.4 Å². The molecule has 0 N–H and O–H groups in total. The molecule has 0 saturated heterocycles. The Bertz CT molecular complexity index is 1450. The maximum absolute atomic E-state index is 12.8. The number of carbonyl (C=O) groups is 3. The maximum atomic E-state index is 12.8. The van der Waals surface area contributed by atoms with E-state index in [2.05, 4.69) is 106 Å². The molecule has 65 heavy (non-hydrogen) atoms. The van der Waals surface area contributed by atoms with E-state index >= 15 is 0 Å². The summed E-state index contributed by atoms with van der Waals surface area (Å²) in [5.74, 6) is -1.06. The molecule has 0 fully saturated rings. The highest BCUT2D eigenvalue weighted by molar-refractivity contribution is 5.71. The SMILES string of the molecule is CC\C=C/C=C\C=C/C=C\CCCCCC(=O)OCC(COC(=O)CC/C=C\C/C=C\C/C=C\C/C=C\C/C=C\C/C=C\CC)OC(=O)CCCCCCCCC/C=C\CCCCCC. The second-order valence-electron chi connectivity index (χ2n) is 16.4. The fourth-order valence-corrected chi connectivity index (χ4v) is 6.41. The molecule has 0 radical (unpaired) electrons. The van der Waals surface area contributed by atoms with E-state index in [0.29, 0.717) is 19.3 Å². The first-order valence-corrected chi connectivity index (χ1v) is 25.7. The Balaban J connectivity index is 4.58. The van der Waals surface area contributed by atoms with E-state index in [-0.39, 0.29) is 37.5 Å². The van der Waals surface area contributed by atoms with Crippen molar-refractivity contribution in [1.29, 1.82) is 0 Å². The maximum Gasteiger partial charge on any atom is 0.306 e. The van der Waals surface area contributed by atoms with Crippen LogP contribution in [-0.4, -0.2) is 37.2 Å². The zero-order chi connectivity index (χ0) is 47.2. The van der Waals surface area contributed by atoms with E-state index in [1.165, 1.54) is 64.2 Å². The van der Waals surface area contributed by atoms with Crippen LogP contribution in [0.1, 0.15) is 201 Å². The topological polar surface area (TPSA) is 78.9 Å². The highest BCUT2D eigenvalue weighted by Crippen LogP contribution is 2.13. The van der Waals surface area contributed by atoms with E-state index in [1.54, 1.807) is 0 Å². The van der Waals surface area contributed by atoms with Gasteiger partial charge in [0.2, 0.25) is 0 Å². The molecule has 0 aliphatic heterocycles. The lowest BCUT2D eigenvalue weighted by molar-refractivity contribution is -0.166. The van der Waals surface area contributed by atoms with Crippen molar-refractivity contribution in [3.05, 3.63) is 134 Å². The Hall–Kier alpha value is -4.45. The third-order valence-electron chi connectivity index (χ3n) is 10.2. The molecule has 0 aliphatic carbocycles. The minimum absolute atomic E-state index is 0.128. The Kier molecular flexibility index (Phi) is 48.6. The van der Waals surface area contributed by atoms with Gasteiger partial charge in [0.1, 0.15) is 13.2 Å². The van der Waals surface area contributed by atoms with Crippen LogP contribution in [0.5, 0.6) is 0 Å². The van der Waals surface area contributed by atoms with Crippen LogP contribution in [0.15, 0.2) is 134 Å². The molecule has 364 valence electrons. The van der Waals surface area contributed by atoms with E-state index in [0.717, 1.165) is 89.9 Å². The molecular weight excluding hydrogens is 805 g/mol. The Morgan fingerprint density at radius 3 is 1.23 bits per heavy atom. The predicted molar refractivity (Wildman–Crippen MR) is 279 cm³/mol. The van der Waals surface area contributed by atoms with Crippen LogP contribution in [0, 0.1) is 0 Å². The van der Waals surface area contributed by atoms with Gasteiger partial charge in [-0.3, -0.25) is 14.4 Å². The first kappa shape index (κ1) is 60.6. The zero-order valence-electron chi connectivity index (χ0n) is 41.4. The molecule has 0 aromatic heterocycles. The van der Waals surface area contributed by atoms with Gasteiger partial charge in [0.05, 0.1) is 0 Å². The second kappa shape index (κ2) is 52.2. The Morgan fingerprint density at radius 1 is 0.338 bits per heavy atom. The number of esters is 3. The number of ether oxygens (including phenoxy) is 3. The summed E-state index contributed by atoms with van der Waals surface area (Å²) in [5.41, 5.74) is 0. The molecule has 0 aromatic carbocycles. The first-order valence-electron chi connectivity index (χ1n) is 25.7. The summed E-state index contributed by atoms with van der Waals surface area (Å²) in [6.45, 7) is 6.24. The largest absolute Gasteiger partial charge is 0.462 e. The van der Waals surface area contributed by atoms with Gasteiger partial charge >= 0.3 is 17.9 Å². The average Bonchev–Trinajstić information content (AvgIpc) is 3.30. The van der Waals surface area contributed by atoms with Gasteiger partial charge in [-0.1, -0.05) is 212 Å². The summed E-state index contributed by atoms with van der Waals surface area (Å²) in [6.07, 6.45) is 73.0. The average molecular weight is 897 g/mol. The number of allylic oxidation sites excluding steroid dienone is 22. The number of unbranched alkanes of at least 4 members (excludes halogenated alkanes) is 14. The molecule has 0 aliphatic rings. The number of rotatable bonds is 44. The minimum atomic E-state index is -0.831. The molecule has 0 spiro atoms. The molecular formula is C59H92O6. The van der Waals surface area contributed by atoms with Crippen LogP contribution in [0.3, 0.4) is 0 Å². The van der Waals surface area contributed by atoms with Crippen LogP contribution in [0.2, 0.25) is 0 Å². The second-order valence-corrected chi connectivity index (χ2v) is 16.4. The summed E-state index contributed by atoms with van der Waals surface area (Å²) in [7, 11) is 0. The normalized spacial score (nSPS) is 13.2. The van der Waals surface area contributed by atoms with Crippen molar-refractivity contribution >= 4 is 17.9 Å². The molecule has 0 amide bonds. The first-order chi connectivity index (χ1) is 32.0. The number of hydrogen-bond donors (Lipinski definition) is 0. The zero-order valence-corrected chi connectivity index (χ0v) is 41.4. The van der Waals surface area contributed by atoms with Crippen LogP contribution in [-0.2, 0) is 28.6 Å². The van der Waals surface area contributed by atoms with Crippen molar-refractivity contribution < 1.29 is 28.6 Å². The number of carbonyl (C=O) groups excluding carboxylic acids is 3. The van der Waals surface area contributed by atoms with Gasteiger partial charge in [0.25, 0.3) is 0 Å². The lowest BCUT2D eigenvalue weighted by Crippen LogP contribution is -2.30. The lowest BCUT2D eigenvalue weighted by atomic mass is 10.1. The van der Waals surface area contributed by atoms with Gasteiger partial charge in [-0.25, -0.2) is 0 Å². The van der Waals surface area contributed by atoms with E-state index < -0.39 is 6.10 Å². The molecule has 0 bridgehead atoms. The standard InChI is InChI=1S/C59H92O6/c1-4-7-10-13-16-19-22-25-27-28-29-30-32-34-37-40-43-46-49-52-58(61)64-55-56(54-63-57(60)51-48-45-42-39-36-33-24-21-18-15-12-9-6-3)65-59(62)53-50-47-44-41-38-35-31-26-23-20-17-14-11-8-5-2/h7,9-10,12,15-16,18-21,23-25,27,29-30,33-34,36-37,43,46,56H,4-6,8,11,13-14,17,22,26,28,31-32,35,38-42,44-45,47-55H2,1-3H3/b10-7-,12-9-,18-15-,19-16-,23-20-,24-21-,27-25-,30-29-,36-33-,37-34-,46-43-. The van der Waals surface area contributed by atoms with Crippen LogP contribution in [0.4, 0.5) is 0 Å². The quantitative estimate of drug-likeness (QED) is 0.0199. The van der Waals surface area contributed by atoms with Crippen molar-refractivity contribution in [1.82, 2.24) is 0 Å². The predicted octanol–water partition coefficient (Wildman–Crippen LogP) is 17.1. The van der Waals surface area contributed by atoms with Crippen molar-refractivity contribution in [3.63, 3.8) is 0 Å². The van der Waals surface area contributed by atoms with Gasteiger partial charge in [-0.05, 0) is 103 Å². The third kappa shape index (κ3) is 50.4. The summed E-state index contributed by atoms with van der Waals surface area (Å²) < 4.78 is 16.7. The van der Waals surface area contributed by atoms with E-state index in [4.69, 9.17) is 14.2 Å². The van der Waals surface area contributed by atoms with Crippen molar-refractivity contribution in [2.24, 2.45) is 0 Å². The fourth-order valence-electron chi connectivity index (χ4n) is 6.41. The highest BCUT2D eigenvalue weighted by atomic mass is 16.6. The van der Waals surface area contributed by atoms with Crippen molar-refractivity contribution in [3.8, 4) is 0 Å². The highest BCUT2D eigenvalue weighted by Gasteiger charge is 2.19. The molecule has 0 heterocycles. The summed E-state index contributed by atoms with van der Waals surface area (Å²) in [6, 6.07) is 0. The molecule has 0 aromatic rings. The van der Waals surface area contributed by atoms with Gasteiger partial charge in [0.15, 0.2) is 6.10 Å². The van der Waals surface area contributed by atoms with Gasteiger partial charge in [-0.2, -0.15) is 0 Å². The molecule has 1 atom stereocenters. The smallest absolute Gasteiger partial charge is 0.306 e. The summed E-state index contributed by atoms with van der Waals surface area (Å²) in [5, 5.41) is 0. The Labute approximate surface area is 398 Å². The van der Waals surface area contributed by atoms with Gasteiger partial charge in [0, 0.05) is 19.3 Å². The minimum Gasteiger partial charge on any atom is -0.462 e. The van der Waals surface area contributed by atoms with E-state index in [1.807, 2.05) is 48.6 Å². The Morgan fingerprint density at radius 2 is 0.708 bits per heavy atom. The third-order valence-corrected chi connectivity index (χ3v) is 10.2. The molecule has 1 unspecified atom stereocenters. The summed E-state index contributed by atoms with van der Waals surface area (Å²) in [4.78, 5) is 37.9. The fraction of sp³-hybridized carbons (Fsp3) is 0.576. The number of hydrogen-bond acceptors (Lipinski definition) is 6. The molecule has 0 saturated carbocycles. The van der Waals surface area contributed by atoms with Crippen molar-refractivity contribution in [2.45, 2.75) is 207 Å². The monoisotopic (exact) mass is 897 g/mol. The van der Waals surface area contributed by atoms with Crippen LogP contribution in [0.25, 0.3) is 0 Å².